The van der Waals surface area contributed by atoms with Crippen molar-refractivity contribution in [2.45, 2.75) is 41.5 Å². The minimum Gasteiger partial charge on any atom is -0.504 e. The van der Waals surface area contributed by atoms with Gasteiger partial charge in [-0.05, 0) is 227 Å². The number of hydrogen-bond donors (Lipinski definition) is 4. The van der Waals surface area contributed by atoms with E-state index < -0.39 is 0 Å². The molecule has 12 aromatic carbocycles. The average molecular weight is 1600 g/mol. The van der Waals surface area contributed by atoms with Gasteiger partial charge in [-0.3, -0.25) is 37.4 Å². The maximum Gasteiger partial charge on any atom is 0.266 e. The molecule has 0 unspecified atom stereocenters. The van der Waals surface area contributed by atoms with Gasteiger partial charge >= 0.3 is 0 Å². The van der Waals surface area contributed by atoms with Crippen LogP contribution >= 0.6 is 11.6 Å². The predicted octanol–water partition coefficient (Wildman–Crippen LogP) is 19.6. The number of phenolic OH excluding ortho intramolecular Hbond substituents is 4. The number of aromatic hydroxyl groups is 4. The number of phenols is 4. The van der Waals surface area contributed by atoms with Crippen molar-refractivity contribution in [3.8, 4) is 68.7 Å². The molecule has 0 bridgehead atoms. The highest BCUT2D eigenvalue weighted by Gasteiger charge is 2.20. The maximum absolute atomic E-state index is 13.5. The van der Waals surface area contributed by atoms with E-state index in [1.807, 2.05) is 181 Å². The molecule has 0 aliphatic carbocycles. The molecule has 0 saturated carbocycles. The SMILES string of the molecule is COc1cccc(/C=C/c2nc3ccccc3c(=O)n2-c2c(C)cccc2C)c1O.COc1cccc(/C=C/c2nc3ccccc3c(=O)n2-c2ccc(C)c(C)c2)c1O.COc1cccc(/C=C/c2nc3ccccc3c(=O)n2-c2ccc(C)c(Cl)c2)c1O.COc1cccc(/C=C/c2nc3ccccc3c(=O)n2-c2ccc(C)cc2)c1O. The molecule has 0 spiro atoms. The Kier molecular flexibility index (Phi) is 25.1. The summed E-state index contributed by atoms with van der Waals surface area (Å²) < 4.78 is 27.0. The molecule has 0 amide bonds. The number of aromatic nitrogens is 8. The van der Waals surface area contributed by atoms with Gasteiger partial charge in [-0.25, -0.2) is 19.9 Å². The van der Waals surface area contributed by atoms with Crippen molar-refractivity contribution in [2.24, 2.45) is 0 Å². The standard InChI is InChI=1S/2C25H22N2O3.C24H19ClN2O3.C24H20N2O3/c1-16-8-6-9-17(2)23(16)27-22(26-20-12-5-4-11-19(20)25(27)29)15-14-18-10-7-13-21(30-3)24(18)28;1-16-11-13-19(15-17(16)2)27-23(26-21-9-5-4-8-20(21)25(27)29)14-12-18-7-6-10-22(30-3)24(18)28;1-15-10-12-17(14-19(15)25)27-22(26-20-8-4-3-7-18(20)24(27)29)13-11-16-6-5-9-21(30-2)23(16)28;1-16-10-13-18(14-11-16)26-22(25-20-8-4-3-7-19(20)24(26)28)15-12-17-6-5-9-21(29-2)23(17)27/h2*4-15,28H,1-3H3;3-14,28H,1-2H3;3-15,27H,1-2H3/b15-14+;14-12+;13-11+;15-12+. The molecule has 0 atom stereocenters. The number of ether oxygens (including phenoxy) is 4. The van der Waals surface area contributed by atoms with Crippen LogP contribution in [0.25, 0.3) is 115 Å². The Bertz CT molecular complexity index is 6710. The summed E-state index contributed by atoms with van der Waals surface area (Å²) in [4.78, 5) is 72.1. The van der Waals surface area contributed by atoms with Crippen molar-refractivity contribution in [3.63, 3.8) is 0 Å². The number of benzene rings is 12. The summed E-state index contributed by atoms with van der Waals surface area (Å²) in [7, 11) is 6.01. The number of methoxy groups -OCH3 is 4. The van der Waals surface area contributed by atoms with Crippen LogP contribution in [0.2, 0.25) is 5.02 Å². The first-order chi connectivity index (χ1) is 57.6. The fourth-order valence-electron chi connectivity index (χ4n) is 13.5. The summed E-state index contributed by atoms with van der Waals surface area (Å²) in [6, 6.07) is 75.0. The minimum atomic E-state index is -0.199. The lowest BCUT2D eigenvalue weighted by molar-refractivity contribution is 0.373. The van der Waals surface area contributed by atoms with E-state index >= 15 is 0 Å². The van der Waals surface area contributed by atoms with E-state index in [0.29, 0.717) is 123 Å². The molecule has 21 heteroatoms. The van der Waals surface area contributed by atoms with Gasteiger partial charge in [0.1, 0.15) is 23.3 Å². The molecule has 594 valence electrons. The van der Waals surface area contributed by atoms with Crippen LogP contribution in [0.5, 0.6) is 46.0 Å². The van der Waals surface area contributed by atoms with Gasteiger partial charge in [0, 0.05) is 27.3 Å². The molecule has 16 rings (SSSR count). The average Bonchev–Trinajstić information content (AvgIpc) is 0.779. The normalized spacial score (nSPS) is 11.3. The molecule has 119 heavy (non-hydrogen) atoms. The van der Waals surface area contributed by atoms with Gasteiger partial charge in [0.2, 0.25) is 0 Å². The molecule has 0 fully saturated rings. The first-order valence-electron chi connectivity index (χ1n) is 37.8. The van der Waals surface area contributed by atoms with Gasteiger partial charge in [0.25, 0.3) is 22.2 Å². The molecular formula is C98H83ClN8O12. The van der Waals surface area contributed by atoms with E-state index in [0.717, 1.165) is 50.4 Å². The molecule has 0 aliphatic heterocycles. The van der Waals surface area contributed by atoms with Crippen LogP contribution in [0.3, 0.4) is 0 Å². The lowest BCUT2D eigenvalue weighted by Crippen LogP contribution is -2.23. The second-order valence-corrected chi connectivity index (χ2v) is 28.1. The van der Waals surface area contributed by atoms with Gasteiger partial charge in [0.15, 0.2) is 46.0 Å². The number of fused-ring (bicyclic) bond motifs is 4. The number of rotatable bonds is 16. The maximum atomic E-state index is 13.5. The monoisotopic (exact) mass is 1600 g/mol. The Labute approximate surface area is 690 Å². The Morgan fingerprint density at radius 1 is 0.286 bits per heavy atom. The van der Waals surface area contributed by atoms with Gasteiger partial charge in [0.05, 0.1) is 94.8 Å². The lowest BCUT2D eigenvalue weighted by atomic mass is 10.1. The Morgan fingerprint density at radius 2 is 0.571 bits per heavy atom. The zero-order chi connectivity index (χ0) is 84.1. The molecule has 0 radical (unpaired) electrons. The van der Waals surface area contributed by atoms with Crippen molar-refractivity contribution in [1.82, 2.24) is 38.2 Å². The lowest BCUT2D eigenvalue weighted by Gasteiger charge is -2.16. The van der Waals surface area contributed by atoms with E-state index in [1.54, 1.807) is 172 Å². The number of halogens is 1. The van der Waals surface area contributed by atoms with Crippen molar-refractivity contribution in [3.05, 3.63) is 374 Å². The van der Waals surface area contributed by atoms with Crippen molar-refractivity contribution >= 4 is 104 Å². The summed E-state index contributed by atoms with van der Waals surface area (Å²) in [6.07, 6.45) is 13.8. The number of aryl methyl sites for hydroxylation is 6. The number of hydrogen-bond acceptors (Lipinski definition) is 16. The molecule has 4 aromatic heterocycles. The third-order valence-corrected chi connectivity index (χ3v) is 20.4. The summed E-state index contributed by atoms with van der Waals surface area (Å²) in [5.74, 6) is 3.51. The highest BCUT2D eigenvalue weighted by Crippen LogP contribution is 2.36. The van der Waals surface area contributed by atoms with Gasteiger partial charge < -0.3 is 39.4 Å². The summed E-state index contributed by atoms with van der Waals surface area (Å²) in [6.45, 7) is 11.9. The second kappa shape index (κ2) is 36.6. The summed E-state index contributed by atoms with van der Waals surface area (Å²) in [5.41, 5.74) is 13.2. The van der Waals surface area contributed by atoms with Crippen molar-refractivity contribution in [1.29, 1.82) is 0 Å². The van der Waals surface area contributed by atoms with Crippen LogP contribution < -0.4 is 41.2 Å². The molecule has 20 nitrogen and oxygen atoms in total. The number of para-hydroxylation sites is 9. The molecular weight excluding hydrogens is 1520 g/mol. The molecule has 16 aromatic rings. The van der Waals surface area contributed by atoms with Crippen LogP contribution in [0.15, 0.2) is 268 Å². The Morgan fingerprint density at radius 3 is 0.899 bits per heavy atom. The zero-order valence-corrected chi connectivity index (χ0v) is 67.6. The molecule has 0 aliphatic rings. The van der Waals surface area contributed by atoms with Crippen LogP contribution in [0.4, 0.5) is 0 Å². The quantitative estimate of drug-likeness (QED) is 0.0701. The predicted molar refractivity (Wildman–Crippen MR) is 477 cm³/mol. The van der Waals surface area contributed by atoms with Crippen LogP contribution in [-0.4, -0.2) is 87.1 Å². The van der Waals surface area contributed by atoms with Gasteiger partial charge in [-0.15, -0.1) is 0 Å². The Hall–Kier alpha value is -15.2. The zero-order valence-electron chi connectivity index (χ0n) is 66.8. The van der Waals surface area contributed by atoms with Crippen molar-refractivity contribution < 1.29 is 39.4 Å². The smallest absolute Gasteiger partial charge is 0.266 e. The molecule has 4 heterocycles. The van der Waals surface area contributed by atoms with Crippen LogP contribution in [0, 0.1) is 41.5 Å². The first-order valence-corrected chi connectivity index (χ1v) is 38.2. The topological polar surface area (TPSA) is 257 Å². The van der Waals surface area contributed by atoms with E-state index in [-0.39, 0.29) is 45.2 Å². The largest absolute Gasteiger partial charge is 0.504 e. The van der Waals surface area contributed by atoms with E-state index in [1.165, 1.54) is 33.0 Å². The van der Waals surface area contributed by atoms with E-state index in [2.05, 4.69) is 9.97 Å². The highest BCUT2D eigenvalue weighted by atomic mass is 35.5. The van der Waals surface area contributed by atoms with Gasteiger partial charge in [-0.1, -0.05) is 157 Å². The highest BCUT2D eigenvalue weighted by molar-refractivity contribution is 6.31. The second-order valence-electron chi connectivity index (χ2n) is 27.7. The summed E-state index contributed by atoms with van der Waals surface area (Å²) in [5, 5.41) is 44.2. The number of nitrogens with zero attached hydrogens (tertiary/aromatic N) is 8. The van der Waals surface area contributed by atoms with Crippen LogP contribution in [-0.2, 0) is 0 Å². The first kappa shape index (κ1) is 81.9. The third-order valence-electron chi connectivity index (χ3n) is 20.0. The van der Waals surface area contributed by atoms with E-state index in [4.69, 9.17) is 40.5 Å². The Balaban J connectivity index is 0.000000137. The molecule has 0 saturated heterocycles. The van der Waals surface area contributed by atoms with E-state index in [9.17, 15) is 39.6 Å². The third kappa shape index (κ3) is 17.7. The molecule has 4 N–H and O–H groups in total. The van der Waals surface area contributed by atoms with Crippen LogP contribution in [0.1, 0.15) is 78.9 Å². The summed E-state index contributed by atoms with van der Waals surface area (Å²) >= 11 is 6.31. The fourth-order valence-corrected chi connectivity index (χ4v) is 13.6. The fraction of sp³-hybridized carbons (Fsp3) is 0.102. The van der Waals surface area contributed by atoms with Crippen molar-refractivity contribution in [2.75, 3.05) is 28.4 Å². The van der Waals surface area contributed by atoms with Gasteiger partial charge in [-0.2, -0.15) is 0 Å². The minimum absolute atomic E-state index is 0.0179.